The molecule has 30 heavy (non-hydrogen) atoms. The van der Waals surface area contributed by atoms with Gasteiger partial charge in [-0.1, -0.05) is 23.7 Å². The van der Waals surface area contributed by atoms with Gasteiger partial charge in [-0.25, -0.2) is 8.42 Å². The molecule has 0 aromatic heterocycles. The fourth-order valence-electron chi connectivity index (χ4n) is 1.94. The van der Waals surface area contributed by atoms with Crippen LogP contribution in [0.5, 0.6) is 0 Å². The van der Waals surface area contributed by atoms with Crippen molar-refractivity contribution in [1.82, 2.24) is 0 Å². The second-order valence-electron chi connectivity index (χ2n) is 5.91. The molecule has 0 atom stereocenters. The molecule has 0 fully saturated rings. The highest BCUT2D eigenvalue weighted by atomic mass is 32.2. The summed E-state index contributed by atoms with van der Waals surface area (Å²) < 4.78 is 61.0. The van der Waals surface area contributed by atoms with E-state index in [0.717, 1.165) is 0 Å². The lowest BCUT2D eigenvalue weighted by molar-refractivity contribution is -0.0187. The first-order valence-electron chi connectivity index (χ1n) is 9.87. The van der Waals surface area contributed by atoms with Crippen LogP contribution < -0.4 is 0 Å². The van der Waals surface area contributed by atoms with E-state index in [2.05, 4.69) is 23.7 Å². The lowest BCUT2D eigenvalue weighted by Crippen LogP contribution is -2.14. The summed E-state index contributed by atoms with van der Waals surface area (Å²) >= 11 is 0. The molecule has 1 aliphatic rings. The van der Waals surface area contributed by atoms with Crippen LogP contribution in [-0.4, -0.2) is 112 Å². The Morgan fingerprint density at radius 3 is 0.967 bits per heavy atom. The zero-order valence-electron chi connectivity index (χ0n) is 17.4. The molecule has 0 N–H and O–H groups in total. The SMILES string of the molecule is O=S1(=O)CC#CCOCCOCCOCCOCCOCCOCCOCC#CC1. The van der Waals surface area contributed by atoms with Crippen LogP contribution in [0.25, 0.3) is 0 Å². The van der Waals surface area contributed by atoms with Gasteiger partial charge < -0.3 is 33.2 Å². The van der Waals surface area contributed by atoms with Crippen LogP contribution in [0.4, 0.5) is 0 Å². The minimum atomic E-state index is -3.34. The smallest absolute Gasteiger partial charge is 0.172 e. The number of rotatable bonds is 0. The van der Waals surface area contributed by atoms with Crippen LogP contribution in [0.1, 0.15) is 0 Å². The molecule has 0 radical (unpaired) electrons. The van der Waals surface area contributed by atoms with E-state index in [1.54, 1.807) is 0 Å². The summed E-state index contributed by atoms with van der Waals surface area (Å²) in [4.78, 5) is 0. The van der Waals surface area contributed by atoms with E-state index in [4.69, 9.17) is 33.2 Å². The quantitative estimate of drug-likeness (QED) is 0.456. The Kier molecular flexibility index (Phi) is 17.6. The lowest BCUT2D eigenvalue weighted by atomic mass is 10.6. The van der Waals surface area contributed by atoms with Gasteiger partial charge in [0, 0.05) is 0 Å². The van der Waals surface area contributed by atoms with Crippen LogP contribution in [-0.2, 0) is 43.0 Å². The summed E-state index contributed by atoms with van der Waals surface area (Å²) in [7, 11) is -3.34. The van der Waals surface area contributed by atoms with E-state index in [1.165, 1.54) is 0 Å². The monoisotopic (exact) mass is 448 g/mol. The summed E-state index contributed by atoms with van der Waals surface area (Å²) in [6, 6.07) is 0. The zero-order valence-corrected chi connectivity index (χ0v) is 18.2. The van der Waals surface area contributed by atoms with Gasteiger partial charge in [0.15, 0.2) is 9.84 Å². The summed E-state index contributed by atoms with van der Waals surface area (Å²) in [5.74, 6) is 10.0. The predicted octanol–water partition coefficient (Wildman–Crippen LogP) is -0.462. The fraction of sp³-hybridized carbons (Fsp3) is 0.800. The first-order chi connectivity index (χ1) is 14.7. The molecule has 1 aliphatic heterocycles. The number of hydrogen-bond donors (Lipinski definition) is 0. The van der Waals surface area contributed by atoms with Gasteiger partial charge in [-0.05, 0) is 0 Å². The Labute approximate surface area is 179 Å². The first kappa shape index (κ1) is 26.8. The fourth-order valence-corrected chi connectivity index (χ4v) is 2.68. The van der Waals surface area contributed by atoms with Gasteiger partial charge in [0.25, 0.3) is 0 Å². The molecule has 0 bridgehead atoms. The van der Waals surface area contributed by atoms with Crippen LogP contribution in [0.15, 0.2) is 0 Å². The van der Waals surface area contributed by atoms with E-state index in [-0.39, 0.29) is 24.7 Å². The minimum Gasteiger partial charge on any atom is -0.377 e. The van der Waals surface area contributed by atoms with Crippen molar-refractivity contribution in [3.63, 3.8) is 0 Å². The van der Waals surface area contributed by atoms with Crippen molar-refractivity contribution in [2.24, 2.45) is 0 Å². The highest BCUT2D eigenvalue weighted by molar-refractivity contribution is 7.91. The Bertz CT molecular complexity index is 580. The van der Waals surface area contributed by atoms with E-state index >= 15 is 0 Å². The second-order valence-corrected chi connectivity index (χ2v) is 7.97. The van der Waals surface area contributed by atoms with Crippen molar-refractivity contribution in [2.45, 2.75) is 0 Å². The molecule has 0 aromatic carbocycles. The van der Waals surface area contributed by atoms with Crippen LogP contribution in [0, 0.1) is 23.7 Å². The molecule has 0 spiro atoms. The molecule has 0 saturated heterocycles. The molecular formula is C20H32O9S. The van der Waals surface area contributed by atoms with Gasteiger partial charge in [-0.15, -0.1) is 0 Å². The van der Waals surface area contributed by atoms with Crippen molar-refractivity contribution < 1.29 is 41.6 Å². The highest BCUT2D eigenvalue weighted by Gasteiger charge is 2.05. The summed E-state index contributed by atoms with van der Waals surface area (Å²) in [6.45, 7) is 5.73. The van der Waals surface area contributed by atoms with Crippen molar-refractivity contribution >= 4 is 9.84 Å². The van der Waals surface area contributed by atoms with Crippen molar-refractivity contribution in [1.29, 1.82) is 0 Å². The summed E-state index contributed by atoms with van der Waals surface area (Å²) in [6.07, 6.45) is 0. The van der Waals surface area contributed by atoms with Gasteiger partial charge >= 0.3 is 0 Å². The van der Waals surface area contributed by atoms with E-state index < -0.39 is 9.84 Å². The molecule has 10 heteroatoms. The molecule has 0 aliphatic carbocycles. The van der Waals surface area contributed by atoms with E-state index in [1.807, 2.05) is 0 Å². The van der Waals surface area contributed by atoms with E-state index in [9.17, 15) is 8.42 Å². The van der Waals surface area contributed by atoms with Crippen LogP contribution in [0.2, 0.25) is 0 Å². The Balaban J connectivity index is 2.27. The second kappa shape index (κ2) is 19.7. The Morgan fingerprint density at radius 1 is 0.400 bits per heavy atom. The van der Waals surface area contributed by atoms with Gasteiger partial charge in [0.2, 0.25) is 0 Å². The van der Waals surface area contributed by atoms with E-state index in [0.29, 0.717) is 79.3 Å². The van der Waals surface area contributed by atoms with Crippen molar-refractivity contribution in [2.75, 3.05) is 104 Å². The standard InChI is InChI=1S/C20H32O9S/c21-30(22)19-3-1-5-23-7-9-25-11-13-27-15-17-29-18-16-28-14-12-26-10-8-24-6-2-4-20-30/h5-20H2. The molecule has 0 amide bonds. The summed E-state index contributed by atoms with van der Waals surface area (Å²) in [5.41, 5.74) is 0. The third kappa shape index (κ3) is 18.8. The predicted molar refractivity (Wildman–Crippen MR) is 110 cm³/mol. The van der Waals surface area contributed by atoms with Crippen molar-refractivity contribution in [3.8, 4) is 23.7 Å². The minimum absolute atomic E-state index is 0.151. The number of ether oxygens (including phenoxy) is 7. The molecule has 1 rings (SSSR count). The average Bonchev–Trinajstić information content (AvgIpc) is 2.72. The van der Waals surface area contributed by atoms with Gasteiger partial charge in [-0.2, -0.15) is 0 Å². The molecule has 0 unspecified atom stereocenters. The Hall–Kier alpha value is -1.21. The van der Waals surface area contributed by atoms with Crippen LogP contribution >= 0.6 is 0 Å². The number of sulfone groups is 1. The molecule has 1 heterocycles. The molecule has 172 valence electrons. The normalized spacial score (nSPS) is 22.8. The first-order valence-corrected chi connectivity index (χ1v) is 11.7. The van der Waals surface area contributed by atoms with Crippen LogP contribution in [0.3, 0.4) is 0 Å². The maximum atomic E-state index is 11.8. The van der Waals surface area contributed by atoms with Gasteiger partial charge in [0.05, 0.1) is 79.3 Å². The van der Waals surface area contributed by atoms with Gasteiger partial charge in [0.1, 0.15) is 24.7 Å². The molecule has 0 aromatic rings. The average molecular weight is 449 g/mol. The highest BCUT2D eigenvalue weighted by Crippen LogP contribution is 1.88. The topological polar surface area (TPSA) is 98.8 Å². The molecule has 9 nitrogen and oxygen atoms in total. The molecular weight excluding hydrogens is 416 g/mol. The summed E-state index contributed by atoms with van der Waals surface area (Å²) in [5, 5.41) is 0. The number of hydrogen-bond acceptors (Lipinski definition) is 9. The maximum absolute atomic E-state index is 11.8. The molecule has 0 saturated carbocycles. The maximum Gasteiger partial charge on any atom is 0.172 e. The third-order valence-corrected chi connectivity index (χ3v) is 4.58. The Morgan fingerprint density at radius 2 is 0.667 bits per heavy atom. The van der Waals surface area contributed by atoms with Crippen molar-refractivity contribution in [3.05, 3.63) is 0 Å². The zero-order chi connectivity index (χ0) is 21.6. The largest absolute Gasteiger partial charge is 0.377 e. The van der Waals surface area contributed by atoms with Gasteiger partial charge in [-0.3, -0.25) is 0 Å². The lowest BCUT2D eigenvalue weighted by Gasteiger charge is -2.08. The third-order valence-electron chi connectivity index (χ3n) is 3.41.